The molecule has 0 atom stereocenters. The number of para-hydroxylation sites is 1. The van der Waals surface area contributed by atoms with Gasteiger partial charge in [-0.15, -0.1) is 0 Å². The van der Waals surface area contributed by atoms with Gasteiger partial charge in [-0.1, -0.05) is 26.0 Å². The highest BCUT2D eigenvalue weighted by molar-refractivity contribution is 5.92. The van der Waals surface area contributed by atoms with E-state index in [0.29, 0.717) is 17.9 Å². The lowest BCUT2D eigenvalue weighted by Crippen LogP contribution is -2.09. The van der Waals surface area contributed by atoms with E-state index in [2.05, 4.69) is 4.89 Å². The van der Waals surface area contributed by atoms with Crippen molar-refractivity contribution in [2.24, 2.45) is 5.92 Å². The molecule has 4 heteroatoms. The zero-order chi connectivity index (χ0) is 12.7. The average Bonchev–Trinajstić information content (AvgIpc) is 2.29. The average molecular weight is 237 g/mol. The van der Waals surface area contributed by atoms with E-state index in [1.54, 1.807) is 24.3 Å². The molecule has 0 spiro atoms. The molecule has 17 heavy (non-hydrogen) atoms. The second kappa shape index (κ2) is 6.91. The van der Waals surface area contributed by atoms with Crippen LogP contribution in [0.3, 0.4) is 0 Å². The lowest BCUT2D eigenvalue weighted by Gasteiger charge is -2.09. The van der Waals surface area contributed by atoms with E-state index in [0.717, 1.165) is 0 Å². The fourth-order valence-corrected chi connectivity index (χ4v) is 1.14. The SMILES string of the molecule is CCOc1ccccc1C(=O)OO[CH]C(C)C. The molecule has 0 saturated carbocycles. The van der Waals surface area contributed by atoms with Gasteiger partial charge >= 0.3 is 5.97 Å². The molecule has 0 N–H and O–H groups in total. The summed E-state index contributed by atoms with van der Waals surface area (Å²) >= 11 is 0. The van der Waals surface area contributed by atoms with Crippen molar-refractivity contribution >= 4 is 5.97 Å². The molecular weight excluding hydrogens is 220 g/mol. The quantitative estimate of drug-likeness (QED) is 0.563. The predicted molar refractivity (Wildman–Crippen MR) is 63.2 cm³/mol. The molecule has 0 amide bonds. The number of rotatable bonds is 6. The zero-order valence-corrected chi connectivity index (χ0v) is 10.3. The van der Waals surface area contributed by atoms with Crippen molar-refractivity contribution in [3.63, 3.8) is 0 Å². The molecule has 93 valence electrons. The van der Waals surface area contributed by atoms with Crippen molar-refractivity contribution in [2.75, 3.05) is 6.61 Å². The lowest BCUT2D eigenvalue weighted by atomic mass is 10.2. The van der Waals surface area contributed by atoms with Gasteiger partial charge < -0.3 is 4.74 Å². The molecule has 0 aliphatic carbocycles. The van der Waals surface area contributed by atoms with Crippen LogP contribution in [0.25, 0.3) is 0 Å². The van der Waals surface area contributed by atoms with Gasteiger partial charge in [-0.2, -0.15) is 4.89 Å². The van der Waals surface area contributed by atoms with Crippen molar-refractivity contribution in [3.05, 3.63) is 36.4 Å². The Hall–Kier alpha value is -1.55. The summed E-state index contributed by atoms with van der Waals surface area (Å²) in [6, 6.07) is 6.88. The first-order chi connectivity index (χ1) is 8.15. The Morgan fingerprint density at radius 3 is 2.71 bits per heavy atom. The predicted octanol–water partition coefficient (Wildman–Crippen LogP) is 2.99. The highest BCUT2D eigenvalue weighted by Gasteiger charge is 2.14. The van der Waals surface area contributed by atoms with E-state index >= 15 is 0 Å². The Bertz CT molecular complexity index is 360. The Kier molecular flexibility index (Phi) is 5.49. The molecule has 0 heterocycles. The topological polar surface area (TPSA) is 44.8 Å². The first-order valence-corrected chi connectivity index (χ1v) is 5.58. The maximum Gasteiger partial charge on any atom is 0.376 e. The molecule has 0 fully saturated rings. The van der Waals surface area contributed by atoms with Crippen molar-refractivity contribution in [1.29, 1.82) is 0 Å². The monoisotopic (exact) mass is 237 g/mol. The van der Waals surface area contributed by atoms with Crippen LogP contribution in [0.1, 0.15) is 31.1 Å². The molecule has 0 unspecified atom stereocenters. The Labute approximate surface area is 101 Å². The normalized spacial score (nSPS) is 10.4. The number of carbonyl (C=O) groups is 1. The van der Waals surface area contributed by atoms with Gasteiger partial charge in [0.2, 0.25) is 0 Å². The van der Waals surface area contributed by atoms with E-state index in [9.17, 15) is 4.79 Å². The smallest absolute Gasteiger partial charge is 0.376 e. The summed E-state index contributed by atoms with van der Waals surface area (Å²) in [5.74, 6) is 0.115. The second-order valence-corrected chi connectivity index (χ2v) is 3.78. The van der Waals surface area contributed by atoms with E-state index in [4.69, 9.17) is 9.62 Å². The molecule has 0 aliphatic rings. The van der Waals surface area contributed by atoms with Gasteiger partial charge in [0.15, 0.2) is 0 Å². The van der Waals surface area contributed by atoms with Crippen molar-refractivity contribution in [1.82, 2.24) is 0 Å². The fraction of sp³-hybridized carbons (Fsp3) is 0.385. The summed E-state index contributed by atoms with van der Waals surface area (Å²) in [4.78, 5) is 21.0. The van der Waals surface area contributed by atoms with Crippen molar-refractivity contribution in [3.8, 4) is 5.75 Å². The summed E-state index contributed by atoms with van der Waals surface area (Å²) in [6.07, 6.45) is 0. The minimum Gasteiger partial charge on any atom is -0.493 e. The number of ether oxygens (including phenoxy) is 1. The van der Waals surface area contributed by atoms with Crippen LogP contribution in [-0.2, 0) is 9.78 Å². The highest BCUT2D eigenvalue weighted by atomic mass is 17.2. The van der Waals surface area contributed by atoms with Gasteiger partial charge in [-0.3, -0.25) is 4.89 Å². The van der Waals surface area contributed by atoms with Crippen LogP contribution >= 0.6 is 0 Å². The molecule has 0 saturated heterocycles. The van der Waals surface area contributed by atoms with Gasteiger partial charge in [0.25, 0.3) is 0 Å². The largest absolute Gasteiger partial charge is 0.493 e. The highest BCUT2D eigenvalue weighted by Crippen LogP contribution is 2.19. The Morgan fingerprint density at radius 2 is 2.06 bits per heavy atom. The summed E-state index contributed by atoms with van der Waals surface area (Å²) < 4.78 is 5.32. The van der Waals surface area contributed by atoms with Crippen LogP contribution in [0, 0.1) is 12.5 Å². The van der Waals surface area contributed by atoms with Gasteiger partial charge in [-0.25, -0.2) is 4.79 Å². The number of hydrogen-bond acceptors (Lipinski definition) is 4. The Morgan fingerprint density at radius 1 is 1.35 bits per heavy atom. The summed E-state index contributed by atoms with van der Waals surface area (Å²) in [5, 5.41) is 0. The summed E-state index contributed by atoms with van der Waals surface area (Å²) in [5.41, 5.74) is 0.353. The minimum absolute atomic E-state index is 0.185. The minimum atomic E-state index is -0.564. The van der Waals surface area contributed by atoms with Crippen LogP contribution in [0.5, 0.6) is 5.75 Å². The molecule has 1 radical (unpaired) electrons. The molecule has 0 aliphatic heterocycles. The Balaban J connectivity index is 2.61. The molecule has 1 aromatic rings. The van der Waals surface area contributed by atoms with Crippen molar-refractivity contribution < 1.29 is 19.3 Å². The fourth-order valence-electron chi connectivity index (χ4n) is 1.14. The van der Waals surface area contributed by atoms with Crippen LogP contribution in [0.4, 0.5) is 0 Å². The number of benzene rings is 1. The van der Waals surface area contributed by atoms with E-state index < -0.39 is 5.97 Å². The van der Waals surface area contributed by atoms with Crippen LogP contribution in [0.2, 0.25) is 0 Å². The second-order valence-electron chi connectivity index (χ2n) is 3.78. The lowest BCUT2D eigenvalue weighted by molar-refractivity contribution is -0.217. The molecule has 1 rings (SSSR count). The van der Waals surface area contributed by atoms with Crippen molar-refractivity contribution in [2.45, 2.75) is 20.8 Å². The third-order valence-corrected chi connectivity index (χ3v) is 1.86. The first kappa shape index (κ1) is 13.5. The summed E-state index contributed by atoms with van der Waals surface area (Å²) in [7, 11) is 0. The molecule has 4 nitrogen and oxygen atoms in total. The summed E-state index contributed by atoms with van der Waals surface area (Å²) in [6.45, 7) is 7.62. The number of hydrogen-bond donors (Lipinski definition) is 0. The standard InChI is InChI=1S/C13H17O4/c1-4-15-12-8-6-5-7-11(12)13(14)17-16-9-10(2)3/h5-10H,4H2,1-3H3. The molecule has 0 aromatic heterocycles. The third kappa shape index (κ3) is 4.44. The number of carbonyl (C=O) groups excluding carboxylic acids is 1. The van der Waals surface area contributed by atoms with Gasteiger partial charge in [-0.05, 0) is 25.0 Å². The maximum atomic E-state index is 11.7. The van der Waals surface area contributed by atoms with E-state index in [-0.39, 0.29) is 5.92 Å². The van der Waals surface area contributed by atoms with E-state index in [1.807, 2.05) is 20.8 Å². The van der Waals surface area contributed by atoms with Crippen LogP contribution < -0.4 is 4.74 Å². The molecular formula is C13H17O4. The van der Waals surface area contributed by atoms with Crippen LogP contribution in [0.15, 0.2) is 24.3 Å². The van der Waals surface area contributed by atoms with Gasteiger partial charge in [0.05, 0.1) is 6.61 Å². The molecule has 1 aromatic carbocycles. The third-order valence-electron chi connectivity index (χ3n) is 1.86. The molecule has 0 bridgehead atoms. The van der Waals surface area contributed by atoms with Gasteiger partial charge in [0.1, 0.15) is 17.9 Å². The van der Waals surface area contributed by atoms with Gasteiger partial charge in [0, 0.05) is 0 Å². The maximum absolute atomic E-state index is 11.7. The van der Waals surface area contributed by atoms with Crippen LogP contribution in [-0.4, -0.2) is 12.6 Å². The zero-order valence-electron chi connectivity index (χ0n) is 10.3. The first-order valence-electron chi connectivity index (χ1n) is 5.58. The van der Waals surface area contributed by atoms with E-state index in [1.165, 1.54) is 6.61 Å².